The third kappa shape index (κ3) is 3.24. The monoisotopic (exact) mass is 394 g/mol. The van der Waals surface area contributed by atoms with Crippen LogP contribution in [-0.2, 0) is 6.54 Å². The lowest BCUT2D eigenvalue weighted by Gasteiger charge is -2.25. The second kappa shape index (κ2) is 6.64. The third-order valence-electron chi connectivity index (χ3n) is 5.22. The molecule has 0 saturated heterocycles. The van der Waals surface area contributed by atoms with Crippen molar-refractivity contribution in [1.29, 1.82) is 0 Å². The average molecular weight is 394 g/mol. The van der Waals surface area contributed by atoms with Gasteiger partial charge in [-0.25, -0.2) is 14.2 Å². The van der Waals surface area contributed by atoms with Crippen molar-refractivity contribution in [2.75, 3.05) is 5.32 Å². The summed E-state index contributed by atoms with van der Waals surface area (Å²) in [6.45, 7) is 4.70. The van der Waals surface area contributed by atoms with Gasteiger partial charge in [0.1, 0.15) is 0 Å². The predicted octanol–water partition coefficient (Wildman–Crippen LogP) is 1.61. The molecule has 5 rings (SSSR count). The highest BCUT2D eigenvalue weighted by Crippen LogP contribution is 2.38. The Morgan fingerprint density at radius 2 is 2.21 bits per heavy atom. The molecular formula is C19H22N8O2. The number of aromatic nitrogens is 6. The molecule has 10 nitrogen and oxygen atoms in total. The van der Waals surface area contributed by atoms with E-state index in [1.807, 2.05) is 0 Å². The fraction of sp³-hybridized carbons (Fsp3) is 0.474. The van der Waals surface area contributed by atoms with Gasteiger partial charge in [-0.3, -0.25) is 9.59 Å². The van der Waals surface area contributed by atoms with E-state index in [1.165, 1.54) is 4.68 Å². The largest absolute Gasteiger partial charge is 0.346 e. The van der Waals surface area contributed by atoms with Crippen LogP contribution in [0.3, 0.4) is 0 Å². The zero-order valence-electron chi connectivity index (χ0n) is 16.3. The van der Waals surface area contributed by atoms with Gasteiger partial charge >= 0.3 is 0 Å². The Morgan fingerprint density at radius 3 is 2.97 bits per heavy atom. The van der Waals surface area contributed by atoms with Gasteiger partial charge in [0.05, 0.1) is 12.2 Å². The van der Waals surface area contributed by atoms with E-state index in [4.69, 9.17) is 0 Å². The van der Waals surface area contributed by atoms with E-state index >= 15 is 0 Å². The van der Waals surface area contributed by atoms with Crippen LogP contribution in [0.2, 0.25) is 0 Å². The number of fused-ring (bicyclic) bond motifs is 2. The lowest BCUT2D eigenvalue weighted by atomic mass is 10.0. The molecule has 3 aromatic heterocycles. The van der Waals surface area contributed by atoms with Crippen LogP contribution < -0.4 is 10.6 Å². The van der Waals surface area contributed by atoms with Gasteiger partial charge in [0.2, 0.25) is 0 Å². The summed E-state index contributed by atoms with van der Waals surface area (Å²) >= 11 is 0. The molecule has 10 heteroatoms. The van der Waals surface area contributed by atoms with E-state index in [0.717, 1.165) is 25.1 Å². The molecule has 150 valence electrons. The van der Waals surface area contributed by atoms with Crippen LogP contribution in [-0.4, -0.2) is 47.4 Å². The smallest absolute Gasteiger partial charge is 0.278 e. The Balaban J connectivity index is 1.41. The second-order valence-electron chi connectivity index (χ2n) is 8.16. The lowest BCUT2D eigenvalue weighted by molar-refractivity contribution is 0.0879. The maximum absolute atomic E-state index is 12.9. The summed E-state index contributed by atoms with van der Waals surface area (Å²) in [7, 11) is 0. The average Bonchev–Trinajstić information content (AvgIpc) is 3.27. The van der Waals surface area contributed by atoms with E-state index in [-0.39, 0.29) is 23.3 Å². The third-order valence-corrected chi connectivity index (χ3v) is 5.22. The maximum Gasteiger partial charge on any atom is 0.278 e. The molecule has 1 atom stereocenters. The molecule has 1 fully saturated rings. The normalized spacial score (nSPS) is 18.7. The van der Waals surface area contributed by atoms with Gasteiger partial charge in [0.15, 0.2) is 22.9 Å². The van der Waals surface area contributed by atoms with Crippen LogP contribution in [0.1, 0.15) is 65.8 Å². The first kappa shape index (κ1) is 17.8. The molecule has 0 bridgehead atoms. The summed E-state index contributed by atoms with van der Waals surface area (Å²) in [6, 6.07) is 3.53. The van der Waals surface area contributed by atoms with Crippen molar-refractivity contribution >= 4 is 23.1 Å². The quantitative estimate of drug-likeness (QED) is 0.678. The predicted molar refractivity (Wildman–Crippen MR) is 104 cm³/mol. The Labute approximate surface area is 166 Å². The molecule has 4 heterocycles. The number of rotatable bonds is 5. The van der Waals surface area contributed by atoms with Crippen LogP contribution in [0.5, 0.6) is 0 Å². The SMILES string of the molecule is CC(C)C[C@H]1Cn2nnc(C(=O)Nc3cccn4nc(C5CC5)nc34)c2C(=O)N1. The summed E-state index contributed by atoms with van der Waals surface area (Å²) < 4.78 is 3.18. The van der Waals surface area contributed by atoms with Crippen molar-refractivity contribution in [2.45, 2.75) is 51.6 Å². The summed E-state index contributed by atoms with van der Waals surface area (Å²) in [6.07, 6.45) is 4.83. The second-order valence-corrected chi connectivity index (χ2v) is 8.16. The highest BCUT2D eigenvalue weighted by molar-refractivity contribution is 6.11. The summed E-state index contributed by atoms with van der Waals surface area (Å²) in [4.78, 5) is 30.0. The Kier molecular flexibility index (Phi) is 4.07. The van der Waals surface area contributed by atoms with E-state index in [1.54, 1.807) is 22.8 Å². The van der Waals surface area contributed by atoms with Crippen molar-refractivity contribution in [1.82, 2.24) is 34.9 Å². The van der Waals surface area contributed by atoms with E-state index in [0.29, 0.717) is 29.7 Å². The number of pyridine rings is 1. The fourth-order valence-electron chi connectivity index (χ4n) is 3.75. The van der Waals surface area contributed by atoms with Crippen LogP contribution in [0.4, 0.5) is 5.69 Å². The van der Waals surface area contributed by atoms with Crippen molar-refractivity contribution in [3.63, 3.8) is 0 Å². The van der Waals surface area contributed by atoms with Gasteiger partial charge in [-0.15, -0.1) is 5.10 Å². The Hall–Kier alpha value is -3.30. The number of amides is 2. The Morgan fingerprint density at radius 1 is 1.38 bits per heavy atom. The van der Waals surface area contributed by atoms with Crippen molar-refractivity contribution in [3.8, 4) is 0 Å². The molecule has 2 aliphatic rings. The van der Waals surface area contributed by atoms with Gasteiger partial charge < -0.3 is 10.6 Å². The molecule has 0 aromatic carbocycles. The number of nitrogens with zero attached hydrogens (tertiary/aromatic N) is 6. The zero-order chi connectivity index (χ0) is 20.1. The molecular weight excluding hydrogens is 372 g/mol. The van der Waals surface area contributed by atoms with Crippen molar-refractivity contribution in [3.05, 3.63) is 35.5 Å². The van der Waals surface area contributed by atoms with Crippen LogP contribution in [0.25, 0.3) is 5.65 Å². The minimum absolute atomic E-state index is 0.00873. The number of hydrogen-bond acceptors (Lipinski definition) is 6. The number of anilines is 1. The summed E-state index contributed by atoms with van der Waals surface area (Å²) in [5, 5.41) is 18.3. The number of carbonyl (C=O) groups is 2. The van der Waals surface area contributed by atoms with Crippen LogP contribution >= 0.6 is 0 Å². The van der Waals surface area contributed by atoms with E-state index < -0.39 is 5.91 Å². The van der Waals surface area contributed by atoms with Gasteiger partial charge in [0, 0.05) is 18.2 Å². The molecule has 1 aliphatic carbocycles. The minimum Gasteiger partial charge on any atom is -0.346 e. The zero-order valence-corrected chi connectivity index (χ0v) is 16.3. The molecule has 0 spiro atoms. The summed E-state index contributed by atoms with van der Waals surface area (Å²) in [5.41, 5.74) is 1.29. The standard InChI is InChI=1S/C19H22N8O2/c1-10(2)8-12-9-27-15(19(29)20-12)14(23-25-27)18(28)21-13-4-3-7-26-17(13)22-16(24-26)11-5-6-11/h3-4,7,10-12H,5-6,8-9H2,1-2H3,(H,20,29)(H,21,28)/t12-/m0/s1. The molecule has 1 saturated carbocycles. The van der Waals surface area contributed by atoms with Crippen LogP contribution in [0, 0.1) is 5.92 Å². The lowest BCUT2D eigenvalue weighted by Crippen LogP contribution is -2.45. The molecule has 29 heavy (non-hydrogen) atoms. The maximum atomic E-state index is 12.9. The van der Waals surface area contributed by atoms with E-state index in [9.17, 15) is 9.59 Å². The first-order valence-corrected chi connectivity index (χ1v) is 9.90. The fourth-order valence-corrected chi connectivity index (χ4v) is 3.75. The van der Waals surface area contributed by atoms with Crippen molar-refractivity contribution < 1.29 is 9.59 Å². The molecule has 1 aliphatic heterocycles. The van der Waals surface area contributed by atoms with Crippen molar-refractivity contribution in [2.24, 2.45) is 5.92 Å². The highest BCUT2D eigenvalue weighted by Gasteiger charge is 2.33. The number of nitrogens with one attached hydrogen (secondary N) is 2. The van der Waals surface area contributed by atoms with Gasteiger partial charge in [-0.2, -0.15) is 5.10 Å². The summed E-state index contributed by atoms with van der Waals surface area (Å²) in [5.74, 6) is 0.826. The topological polar surface area (TPSA) is 119 Å². The first-order valence-electron chi connectivity index (χ1n) is 9.90. The molecule has 0 radical (unpaired) electrons. The van der Waals surface area contributed by atoms with E-state index in [2.05, 4.69) is 44.9 Å². The first-order chi connectivity index (χ1) is 14.0. The minimum atomic E-state index is -0.493. The van der Waals surface area contributed by atoms with Gasteiger partial charge in [-0.1, -0.05) is 19.1 Å². The number of hydrogen-bond donors (Lipinski definition) is 2. The molecule has 2 amide bonds. The molecule has 3 aromatic rings. The Bertz CT molecular complexity index is 1110. The van der Waals surface area contributed by atoms with Gasteiger partial charge in [0.25, 0.3) is 11.8 Å². The van der Waals surface area contributed by atoms with Crippen LogP contribution in [0.15, 0.2) is 18.3 Å². The molecule has 2 N–H and O–H groups in total. The number of carbonyl (C=O) groups excluding carboxylic acids is 2. The van der Waals surface area contributed by atoms with Gasteiger partial charge in [-0.05, 0) is 37.3 Å². The highest BCUT2D eigenvalue weighted by atomic mass is 16.2. The molecule has 0 unspecified atom stereocenters.